The van der Waals surface area contributed by atoms with Crippen molar-refractivity contribution in [2.75, 3.05) is 11.9 Å². The molecule has 0 saturated carbocycles. The lowest BCUT2D eigenvalue weighted by Crippen LogP contribution is -2.40. The first-order valence-electron chi connectivity index (χ1n) is 6.14. The summed E-state index contributed by atoms with van der Waals surface area (Å²) in [6, 6.07) is 3.05. The van der Waals surface area contributed by atoms with Crippen molar-refractivity contribution < 1.29 is 9.90 Å². The molecular formula is C13H17N5O2. The number of pyridine rings is 1. The summed E-state index contributed by atoms with van der Waals surface area (Å²) in [7, 11) is 1.77. The number of carbonyl (C=O) groups excluding carboxylic acids is 1. The van der Waals surface area contributed by atoms with Crippen molar-refractivity contribution in [3.05, 3.63) is 42.5 Å². The Hall–Kier alpha value is -2.41. The number of nitrogens with one attached hydrogen (secondary N) is 2. The predicted octanol–water partition coefficient (Wildman–Crippen LogP) is 0.844. The molecule has 2 heterocycles. The molecule has 0 aliphatic carbocycles. The van der Waals surface area contributed by atoms with Crippen LogP contribution in [0.3, 0.4) is 0 Å². The maximum Gasteiger partial charge on any atom is 0.319 e. The predicted molar refractivity (Wildman–Crippen MR) is 74.0 cm³/mol. The third-order valence-electron chi connectivity index (χ3n) is 2.84. The molecule has 2 aromatic rings. The van der Waals surface area contributed by atoms with Gasteiger partial charge in [-0.3, -0.25) is 9.67 Å². The van der Waals surface area contributed by atoms with E-state index in [1.807, 2.05) is 0 Å². The van der Waals surface area contributed by atoms with Crippen molar-refractivity contribution in [1.82, 2.24) is 20.1 Å². The molecule has 2 aromatic heterocycles. The number of anilines is 1. The summed E-state index contributed by atoms with van der Waals surface area (Å²) in [6.45, 7) is 1.69. The lowest BCUT2D eigenvalue weighted by molar-refractivity contribution is 0.0599. The maximum atomic E-state index is 11.7. The number of nitrogens with zero attached hydrogens (tertiary/aromatic N) is 3. The number of aliphatic hydroxyl groups is 1. The highest BCUT2D eigenvalue weighted by atomic mass is 16.3. The lowest BCUT2D eigenvalue weighted by atomic mass is 10.00. The molecule has 0 bridgehead atoms. The number of amides is 2. The van der Waals surface area contributed by atoms with Gasteiger partial charge in [0, 0.05) is 25.0 Å². The van der Waals surface area contributed by atoms with Crippen molar-refractivity contribution >= 4 is 11.7 Å². The zero-order valence-corrected chi connectivity index (χ0v) is 11.4. The second-order valence-electron chi connectivity index (χ2n) is 4.73. The van der Waals surface area contributed by atoms with Crippen LogP contribution in [-0.4, -0.2) is 32.4 Å². The topological polar surface area (TPSA) is 92.1 Å². The fourth-order valence-electron chi connectivity index (χ4n) is 1.67. The summed E-state index contributed by atoms with van der Waals surface area (Å²) in [4.78, 5) is 15.6. The van der Waals surface area contributed by atoms with Crippen molar-refractivity contribution in [2.45, 2.75) is 12.5 Å². The van der Waals surface area contributed by atoms with Gasteiger partial charge in [0.1, 0.15) is 5.60 Å². The Morgan fingerprint density at radius 2 is 2.30 bits per heavy atom. The molecule has 0 fully saturated rings. The number of urea groups is 1. The van der Waals surface area contributed by atoms with Gasteiger partial charge in [0.05, 0.1) is 24.6 Å². The van der Waals surface area contributed by atoms with Crippen LogP contribution in [0.4, 0.5) is 10.5 Å². The van der Waals surface area contributed by atoms with E-state index in [-0.39, 0.29) is 6.54 Å². The van der Waals surface area contributed by atoms with Gasteiger partial charge in [-0.15, -0.1) is 0 Å². The summed E-state index contributed by atoms with van der Waals surface area (Å²) in [5.74, 6) is 0. The standard InChI is InChI=1S/C13H17N5O2/c1-13(20,10-6-16-18(2)8-10)9-15-12(19)17-11-4-3-5-14-7-11/h3-8,20H,9H2,1-2H3,(H2,15,17,19). The maximum absolute atomic E-state index is 11.7. The Labute approximate surface area is 116 Å². The van der Waals surface area contributed by atoms with Gasteiger partial charge in [0.25, 0.3) is 0 Å². The Morgan fingerprint density at radius 1 is 1.50 bits per heavy atom. The summed E-state index contributed by atoms with van der Waals surface area (Å²) in [5, 5.41) is 19.5. The SMILES string of the molecule is Cn1cc(C(C)(O)CNC(=O)Nc2cccnc2)cn1. The van der Waals surface area contributed by atoms with Crippen LogP contribution in [0.15, 0.2) is 36.9 Å². The highest BCUT2D eigenvalue weighted by Gasteiger charge is 2.25. The van der Waals surface area contributed by atoms with Gasteiger partial charge >= 0.3 is 6.03 Å². The number of rotatable bonds is 4. The molecule has 1 atom stereocenters. The van der Waals surface area contributed by atoms with E-state index in [2.05, 4.69) is 20.7 Å². The molecule has 0 radical (unpaired) electrons. The average molecular weight is 275 g/mol. The second-order valence-corrected chi connectivity index (χ2v) is 4.73. The molecule has 106 valence electrons. The minimum atomic E-state index is -1.18. The van der Waals surface area contributed by atoms with Gasteiger partial charge < -0.3 is 15.7 Å². The lowest BCUT2D eigenvalue weighted by Gasteiger charge is -2.22. The molecule has 0 aliphatic heterocycles. The molecule has 20 heavy (non-hydrogen) atoms. The van der Waals surface area contributed by atoms with Crippen LogP contribution in [0.25, 0.3) is 0 Å². The highest BCUT2D eigenvalue weighted by molar-refractivity contribution is 5.88. The molecule has 0 saturated heterocycles. The molecule has 2 rings (SSSR count). The van der Waals surface area contributed by atoms with Gasteiger partial charge in [0.15, 0.2) is 0 Å². The van der Waals surface area contributed by atoms with Crippen LogP contribution in [0.5, 0.6) is 0 Å². The van der Waals surface area contributed by atoms with Crippen molar-refractivity contribution in [2.24, 2.45) is 7.05 Å². The van der Waals surface area contributed by atoms with Gasteiger partial charge in [-0.05, 0) is 19.1 Å². The average Bonchev–Trinajstić information content (AvgIpc) is 2.85. The Balaban J connectivity index is 1.89. The number of aryl methyl sites for hydroxylation is 1. The van der Waals surface area contributed by atoms with Crippen molar-refractivity contribution in [1.29, 1.82) is 0 Å². The third kappa shape index (κ3) is 3.55. The first-order valence-corrected chi connectivity index (χ1v) is 6.14. The van der Waals surface area contributed by atoms with E-state index in [9.17, 15) is 9.90 Å². The number of carbonyl (C=O) groups is 1. The zero-order chi connectivity index (χ0) is 14.6. The third-order valence-corrected chi connectivity index (χ3v) is 2.84. The molecule has 2 amide bonds. The van der Waals surface area contributed by atoms with E-state index >= 15 is 0 Å². The Kier molecular flexibility index (Phi) is 3.99. The molecule has 1 unspecified atom stereocenters. The Bertz CT molecular complexity index is 579. The number of hydrogen-bond acceptors (Lipinski definition) is 4. The molecule has 7 nitrogen and oxygen atoms in total. The first-order chi connectivity index (χ1) is 9.47. The summed E-state index contributed by atoms with van der Waals surface area (Å²) >= 11 is 0. The largest absolute Gasteiger partial charge is 0.383 e. The van der Waals surface area contributed by atoms with Crippen LogP contribution in [-0.2, 0) is 12.6 Å². The summed E-state index contributed by atoms with van der Waals surface area (Å²) in [6.07, 6.45) is 6.44. The molecule has 3 N–H and O–H groups in total. The Morgan fingerprint density at radius 3 is 2.90 bits per heavy atom. The minimum absolute atomic E-state index is 0.0742. The van der Waals surface area contributed by atoms with Crippen LogP contribution in [0, 0.1) is 0 Å². The smallest absolute Gasteiger partial charge is 0.319 e. The van der Waals surface area contributed by atoms with Crippen molar-refractivity contribution in [3.8, 4) is 0 Å². The number of aromatic nitrogens is 3. The van der Waals surface area contributed by atoms with Crippen LogP contribution < -0.4 is 10.6 Å². The highest BCUT2D eigenvalue weighted by Crippen LogP contribution is 2.18. The normalized spacial score (nSPS) is 13.6. The van der Waals surface area contributed by atoms with E-state index in [1.54, 1.807) is 55.6 Å². The van der Waals surface area contributed by atoms with Gasteiger partial charge in [-0.2, -0.15) is 5.10 Å². The quantitative estimate of drug-likeness (QED) is 0.771. The molecule has 0 spiro atoms. The first kappa shape index (κ1) is 14.0. The second kappa shape index (κ2) is 5.70. The van der Waals surface area contributed by atoms with Gasteiger partial charge in [-0.25, -0.2) is 4.79 Å². The van der Waals surface area contributed by atoms with Gasteiger partial charge in [0.2, 0.25) is 0 Å². The molecular weight excluding hydrogens is 258 g/mol. The van der Waals surface area contributed by atoms with Crippen molar-refractivity contribution in [3.63, 3.8) is 0 Å². The fraction of sp³-hybridized carbons (Fsp3) is 0.308. The van der Waals surface area contributed by atoms with Crippen LogP contribution in [0.1, 0.15) is 12.5 Å². The molecule has 0 aromatic carbocycles. The van der Waals surface area contributed by atoms with E-state index in [1.165, 1.54) is 0 Å². The van der Waals surface area contributed by atoms with Crippen LogP contribution in [0.2, 0.25) is 0 Å². The van der Waals surface area contributed by atoms with Crippen LogP contribution >= 0.6 is 0 Å². The van der Waals surface area contributed by atoms with E-state index < -0.39 is 11.6 Å². The fourth-order valence-corrected chi connectivity index (χ4v) is 1.67. The van der Waals surface area contributed by atoms with E-state index in [0.29, 0.717) is 11.3 Å². The summed E-state index contributed by atoms with van der Waals surface area (Å²) < 4.78 is 1.60. The molecule has 0 aliphatic rings. The van der Waals surface area contributed by atoms with E-state index in [0.717, 1.165) is 0 Å². The van der Waals surface area contributed by atoms with Gasteiger partial charge in [-0.1, -0.05) is 0 Å². The number of hydrogen-bond donors (Lipinski definition) is 3. The minimum Gasteiger partial charge on any atom is -0.383 e. The monoisotopic (exact) mass is 275 g/mol. The zero-order valence-electron chi connectivity index (χ0n) is 11.4. The summed E-state index contributed by atoms with van der Waals surface area (Å²) in [5.41, 5.74) is 0.0493. The van der Waals surface area contributed by atoms with E-state index in [4.69, 9.17) is 0 Å². The molecule has 7 heteroatoms.